The van der Waals surface area contributed by atoms with Gasteiger partial charge in [-0.05, 0) is 65.1 Å². The van der Waals surface area contributed by atoms with Gasteiger partial charge in [0.25, 0.3) is 0 Å². The third-order valence-corrected chi connectivity index (χ3v) is 15.1. The van der Waals surface area contributed by atoms with Crippen molar-refractivity contribution in [2.24, 2.45) is 10.9 Å². The molecule has 0 amide bonds. The number of furan rings is 1. The number of para-hydroxylation sites is 2. The van der Waals surface area contributed by atoms with Crippen molar-refractivity contribution in [1.29, 1.82) is 0 Å². The molecular formula is C52H48GeIrN2O-2. The molecule has 2 aromatic heterocycles. The number of nitrogens with zero attached hydrogens (tertiary/aromatic N) is 2. The Balaban J connectivity index is 0.000000202. The Kier molecular flexibility index (Phi) is 12.0. The molecule has 8 aromatic rings. The fourth-order valence-electron chi connectivity index (χ4n) is 8.26. The molecule has 1 unspecified atom stereocenters. The summed E-state index contributed by atoms with van der Waals surface area (Å²) in [6, 6.07) is 53.1. The number of benzene rings is 6. The summed E-state index contributed by atoms with van der Waals surface area (Å²) in [6.45, 7) is 9.01. The Morgan fingerprint density at radius 2 is 1.42 bits per heavy atom. The van der Waals surface area contributed by atoms with Gasteiger partial charge in [-0.25, -0.2) is 0 Å². The van der Waals surface area contributed by atoms with E-state index in [0.29, 0.717) is 5.92 Å². The van der Waals surface area contributed by atoms with Gasteiger partial charge in [-0.1, -0.05) is 89.8 Å². The van der Waals surface area contributed by atoms with E-state index in [1.165, 1.54) is 38.9 Å². The molecule has 0 N–H and O–H groups in total. The van der Waals surface area contributed by atoms with E-state index in [2.05, 4.69) is 160 Å². The van der Waals surface area contributed by atoms with Crippen LogP contribution in [0.2, 0.25) is 17.3 Å². The molecule has 0 aliphatic carbocycles. The Labute approximate surface area is 354 Å². The van der Waals surface area contributed by atoms with Crippen molar-refractivity contribution in [2.75, 3.05) is 0 Å². The predicted molar refractivity (Wildman–Crippen MR) is 238 cm³/mol. The van der Waals surface area contributed by atoms with Crippen LogP contribution in [0.3, 0.4) is 0 Å². The zero-order chi connectivity index (χ0) is 39.0. The molecule has 3 nitrogen and oxygen atoms in total. The zero-order valence-corrected chi connectivity index (χ0v) is 38.3. The molecule has 1 atom stereocenters. The monoisotopic (exact) mass is 983 g/mol. The van der Waals surface area contributed by atoms with E-state index in [1.807, 2.05) is 36.4 Å². The summed E-state index contributed by atoms with van der Waals surface area (Å²) >= 11 is -1.86. The quantitative estimate of drug-likeness (QED) is 0.118. The van der Waals surface area contributed by atoms with E-state index >= 15 is 0 Å². The molecule has 1 aliphatic heterocycles. The van der Waals surface area contributed by atoms with Crippen LogP contribution in [-0.4, -0.2) is 24.0 Å². The number of pyridine rings is 1. The maximum atomic E-state index is 6.40. The summed E-state index contributed by atoms with van der Waals surface area (Å²) < 4.78 is 7.94. The molecule has 0 spiro atoms. The second-order valence-corrected chi connectivity index (χ2v) is 27.0. The van der Waals surface area contributed by atoms with Crippen LogP contribution < -0.4 is 4.40 Å². The van der Waals surface area contributed by atoms with Crippen molar-refractivity contribution in [3.63, 3.8) is 0 Å². The van der Waals surface area contributed by atoms with Crippen LogP contribution in [0, 0.1) is 31.9 Å². The largest absolute Gasteiger partial charge is 0.501 e. The number of fused-ring (bicyclic) bond motifs is 4. The van der Waals surface area contributed by atoms with Crippen molar-refractivity contribution in [1.82, 2.24) is 4.98 Å². The molecule has 1 radical (unpaired) electrons. The van der Waals surface area contributed by atoms with Gasteiger partial charge in [0.05, 0.1) is 11.3 Å². The molecule has 287 valence electrons. The Bertz CT molecular complexity index is 2690. The molecule has 5 heteroatoms. The van der Waals surface area contributed by atoms with Crippen molar-refractivity contribution in [2.45, 2.75) is 57.3 Å². The van der Waals surface area contributed by atoms with Crippen molar-refractivity contribution >= 4 is 51.0 Å². The molecule has 57 heavy (non-hydrogen) atoms. The van der Waals surface area contributed by atoms with Crippen LogP contribution in [0.5, 0.6) is 0 Å². The second-order valence-electron chi connectivity index (χ2n) is 16.4. The minimum atomic E-state index is -1.86. The van der Waals surface area contributed by atoms with Gasteiger partial charge in [0, 0.05) is 31.4 Å². The summed E-state index contributed by atoms with van der Waals surface area (Å²) in [4.78, 5) is 9.89. The van der Waals surface area contributed by atoms with E-state index in [9.17, 15) is 0 Å². The number of aryl methyl sites for hydroxylation is 2. The summed E-state index contributed by atoms with van der Waals surface area (Å²) in [6.07, 6.45) is 3.27. The molecule has 0 fully saturated rings. The van der Waals surface area contributed by atoms with Gasteiger partial charge in [-0.3, -0.25) is 4.99 Å². The number of aliphatic imine (C=N–C) groups is 1. The van der Waals surface area contributed by atoms with E-state index in [-0.39, 0.29) is 26.0 Å². The van der Waals surface area contributed by atoms with Gasteiger partial charge < -0.3 is 4.42 Å². The summed E-state index contributed by atoms with van der Waals surface area (Å²) in [5, 5.41) is 2.22. The van der Waals surface area contributed by atoms with Gasteiger partial charge in [0.1, 0.15) is 5.58 Å². The molecule has 0 saturated heterocycles. The number of hydrogen-bond donors (Lipinski definition) is 0. The van der Waals surface area contributed by atoms with E-state index in [4.69, 9.17) is 14.4 Å². The molecule has 3 heterocycles. The van der Waals surface area contributed by atoms with Crippen LogP contribution in [0.25, 0.3) is 44.3 Å². The van der Waals surface area contributed by atoms with Gasteiger partial charge >= 0.3 is 126 Å². The molecule has 6 aromatic carbocycles. The van der Waals surface area contributed by atoms with E-state index in [1.54, 1.807) is 4.40 Å². The average Bonchev–Trinajstić information content (AvgIpc) is 3.77. The van der Waals surface area contributed by atoms with Crippen LogP contribution in [0.4, 0.5) is 5.69 Å². The van der Waals surface area contributed by atoms with Crippen LogP contribution >= 0.6 is 0 Å². The third-order valence-electron chi connectivity index (χ3n) is 10.8. The van der Waals surface area contributed by atoms with Gasteiger partial charge in [0.2, 0.25) is 0 Å². The van der Waals surface area contributed by atoms with Gasteiger partial charge in [-0.2, -0.15) is 0 Å². The third kappa shape index (κ3) is 8.27. The summed E-state index contributed by atoms with van der Waals surface area (Å²) in [5.74, 6) is 8.01. The zero-order valence-electron chi connectivity index (χ0n) is 33.8. The van der Waals surface area contributed by atoms with Gasteiger partial charge in [-0.15, -0.1) is 18.2 Å². The van der Waals surface area contributed by atoms with E-state index < -0.39 is 13.3 Å². The van der Waals surface area contributed by atoms with Crippen LogP contribution in [-0.2, 0) is 26.5 Å². The minimum absolute atomic E-state index is 0. The molecular weight excluding hydrogens is 933 g/mol. The Morgan fingerprint density at radius 3 is 2.14 bits per heavy atom. The average molecular weight is 982 g/mol. The molecule has 1 aliphatic rings. The first-order valence-corrected chi connectivity index (χ1v) is 27.0. The normalized spacial score (nSPS) is 13.5. The molecule has 9 rings (SSSR count). The number of aromatic nitrogens is 1. The number of rotatable bonds is 7. The first-order chi connectivity index (χ1) is 27.1. The van der Waals surface area contributed by atoms with Crippen molar-refractivity contribution < 1.29 is 24.5 Å². The van der Waals surface area contributed by atoms with E-state index in [0.717, 1.165) is 56.6 Å². The minimum Gasteiger partial charge on any atom is -0.501 e. The smallest absolute Gasteiger partial charge is 0.120 e. The standard InChI is InChI=1S/C34H24NO.C18H24GeN.Ir/c1-21-19-24(23-11-4-3-5-12-23)20-22(2)31(21)32-27-14-6-8-17-29(27)35-33(32)28-16-10-15-26-25-13-7-9-18-30(25)36-34(26)28;1-14(2)11-16-12-18(15-9-7-6-8-10-15)20-13-17(16)19(3,4)5;/h3-15,17-20,32H,1-2H3;6-9,12-14H,11H2,1-5H3;/q2*-1;. The molecule has 0 saturated carbocycles. The van der Waals surface area contributed by atoms with Crippen LogP contribution in [0.15, 0.2) is 149 Å². The number of hydrogen-bond acceptors (Lipinski definition) is 3. The van der Waals surface area contributed by atoms with Crippen LogP contribution in [0.1, 0.15) is 53.1 Å². The maximum Gasteiger partial charge on any atom is 0.120 e. The maximum absolute atomic E-state index is 6.40. The second kappa shape index (κ2) is 16.9. The molecule has 0 bridgehead atoms. The first-order valence-electron chi connectivity index (χ1n) is 19.7. The fraction of sp³-hybridized carbons (Fsp3) is 0.192. The Morgan fingerprint density at radius 1 is 0.719 bits per heavy atom. The summed E-state index contributed by atoms with van der Waals surface area (Å²) in [5.41, 5.74) is 15.9. The SMILES string of the molecule is CC(C)Cc1cc(-c2[c-]cccc2)nc[c]1[Ge]([CH3])([CH3])[CH3].Cc1cc(-c2ccccc2)cc(C)c1C1C(c2[c-]ccc3c2oc2ccccc23)=Nc2ccccc21.[Ir]. The Hall–Kier alpha value is -4.87. The van der Waals surface area contributed by atoms with Crippen molar-refractivity contribution in [3.8, 4) is 22.4 Å². The summed E-state index contributed by atoms with van der Waals surface area (Å²) in [7, 11) is 0. The fourth-order valence-corrected chi connectivity index (χ4v) is 11.6. The predicted octanol–water partition coefficient (Wildman–Crippen LogP) is 13.2. The van der Waals surface area contributed by atoms with Crippen molar-refractivity contribution in [3.05, 3.63) is 185 Å². The van der Waals surface area contributed by atoms with Gasteiger partial charge in [0.15, 0.2) is 0 Å². The first kappa shape index (κ1) is 40.3. The topological polar surface area (TPSA) is 38.4 Å².